The lowest BCUT2D eigenvalue weighted by Crippen LogP contribution is -2.21. The topological polar surface area (TPSA) is 47.5 Å². The molecule has 0 unspecified atom stereocenters. The molecule has 0 saturated heterocycles. The fourth-order valence-corrected chi connectivity index (χ4v) is 2.90. The second kappa shape index (κ2) is 5.73. The summed E-state index contributed by atoms with van der Waals surface area (Å²) < 4.78 is 14.9. The lowest BCUT2D eigenvalue weighted by Gasteiger charge is -2.15. The first kappa shape index (κ1) is 14.5. The van der Waals surface area contributed by atoms with E-state index in [1.54, 1.807) is 6.07 Å². The van der Waals surface area contributed by atoms with Crippen molar-refractivity contribution in [3.05, 3.63) is 76.0 Å². The standard InChI is InChI=1S/C18H17FN2O/c1-12-15(9-10-20)17(13-5-3-2-4-6-13)18(22)21-11-14(19)7-8-16(12)21/h2-8,11H,9-10,20H2,1H3. The van der Waals surface area contributed by atoms with Crippen LogP contribution in [0.25, 0.3) is 16.6 Å². The summed E-state index contributed by atoms with van der Waals surface area (Å²) >= 11 is 0. The minimum absolute atomic E-state index is 0.213. The lowest BCUT2D eigenvalue weighted by atomic mass is 9.94. The number of nitrogens with zero attached hydrogens (tertiary/aromatic N) is 1. The molecule has 0 aliphatic rings. The maximum Gasteiger partial charge on any atom is 0.263 e. The molecule has 0 bridgehead atoms. The van der Waals surface area contributed by atoms with Crippen LogP contribution in [-0.4, -0.2) is 10.9 Å². The summed E-state index contributed by atoms with van der Waals surface area (Å²) in [5.74, 6) is -0.431. The molecule has 2 N–H and O–H groups in total. The van der Waals surface area contributed by atoms with Crippen LogP contribution in [0, 0.1) is 12.7 Å². The molecule has 2 heterocycles. The van der Waals surface area contributed by atoms with Crippen molar-refractivity contribution in [2.24, 2.45) is 5.73 Å². The van der Waals surface area contributed by atoms with Gasteiger partial charge in [0, 0.05) is 6.20 Å². The Morgan fingerprint density at radius 2 is 1.86 bits per heavy atom. The molecule has 22 heavy (non-hydrogen) atoms. The highest BCUT2D eigenvalue weighted by molar-refractivity contribution is 5.73. The number of fused-ring (bicyclic) bond motifs is 1. The van der Waals surface area contributed by atoms with Crippen molar-refractivity contribution in [1.82, 2.24) is 4.40 Å². The van der Waals surface area contributed by atoms with E-state index in [4.69, 9.17) is 5.73 Å². The Bertz CT molecular complexity index is 885. The van der Waals surface area contributed by atoms with Gasteiger partial charge in [0.2, 0.25) is 0 Å². The van der Waals surface area contributed by atoms with Crippen LogP contribution in [0.3, 0.4) is 0 Å². The van der Waals surface area contributed by atoms with Gasteiger partial charge in [-0.1, -0.05) is 30.3 Å². The zero-order chi connectivity index (χ0) is 15.7. The molecule has 0 aliphatic heterocycles. The molecule has 2 aromatic heterocycles. The molecule has 0 radical (unpaired) electrons. The van der Waals surface area contributed by atoms with Gasteiger partial charge in [-0.15, -0.1) is 0 Å². The molecule has 0 aliphatic carbocycles. The van der Waals surface area contributed by atoms with E-state index in [0.717, 1.165) is 22.2 Å². The highest BCUT2D eigenvalue weighted by Gasteiger charge is 2.16. The van der Waals surface area contributed by atoms with Crippen LogP contribution in [0.2, 0.25) is 0 Å². The number of aromatic nitrogens is 1. The first-order chi connectivity index (χ1) is 10.6. The first-order valence-corrected chi connectivity index (χ1v) is 7.22. The van der Waals surface area contributed by atoms with Crippen LogP contribution in [0.5, 0.6) is 0 Å². The molecule has 0 saturated carbocycles. The number of hydrogen-bond acceptors (Lipinski definition) is 2. The van der Waals surface area contributed by atoms with Crippen molar-refractivity contribution in [1.29, 1.82) is 0 Å². The third-order valence-electron chi connectivity index (χ3n) is 3.94. The van der Waals surface area contributed by atoms with Gasteiger partial charge < -0.3 is 5.73 Å². The van der Waals surface area contributed by atoms with Crippen LogP contribution < -0.4 is 11.3 Å². The fourth-order valence-electron chi connectivity index (χ4n) is 2.90. The van der Waals surface area contributed by atoms with Crippen molar-refractivity contribution >= 4 is 5.52 Å². The second-order valence-electron chi connectivity index (χ2n) is 5.29. The molecule has 4 heteroatoms. The number of aryl methyl sites for hydroxylation is 1. The number of hydrogen-bond donors (Lipinski definition) is 1. The van der Waals surface area contributed by atoms with E-state index in [1.807, 2.05) is 37.3 Å². The van der Waals surface area contributed by atoms with Crippen molar-refractivity contribution in [2.75, 3.05) is 6.54 Å². The Balaban J connectivity index is 2.46. The average Bonchev–Trinajstić information content (AvgIpc) is 2.53. The van der Waals surface area contributed by atoms with Gasteiger partial charge in [0.1, 0.15) is 5.82 Å². The zero-order valence-corrected chi connectivity index (χ0v) is 12.3. The van der Waals surface area contributed by atoms with E-state index >= 15 is 0 Å². The molecule has 3 rings (SSSR count). The molecular weight excluding hydrogens is 279 g/mol. The third kappa shape index (κ3) is 2.31. The number of nitrogens with two attached hydrogens (primary N) is 1. The summed E-state index contributed by atoms with van der Waals surface area (Å²) in [7, 11) is 0. The normalized spacial score (nSPS) is 11.0. The average molecular weight is 296 g/mol. The number of pyridine rings is 2. The van der Waals surface area contributed by atoms with Gasteiger partial charge in [0.05, 0.1) is 11.1 Å². The van der Waals surface area contributed by atoms with E-state index < -0.39 is 5.82 Å². The summed E-state index contributed by atoms with van der Waals surface area (Å²) in [6.07, 6.45) is 1.85. The number of benzene rings is 1. The lowest BCUT2D eigenvalue weighted by molar-refractivity contribution is 0.618. The highest BCUT2D eigenvalue weighted by Crippen LogP contribution is 2.25. The molecule has 0 amide bonds. The van der Waals surface area contributed by atoms with E-state index in [2.05, 4.69) is 0 Å². The molecule has 1 aromatic carbocycles. The Morgan fingerprint density at radius 3 is 2.55 bits per heavy atom. The smallest absolute Gasteiger partial charge is 0.263 e. The summed E-state index contributed by atoms with van der Waals surface area (Å²) in [5.41, 5.74) is 9.56. The van der Waals surface area contributed by atoms with Gasteiger partial charge in [-0.25, -0.2) is 4.39 Å². The molecule has 3 aromatic rings. The van der Waals surface area contributed by atoms with Gasteiger partial charge in [-0.3, -0.25) is 9.20 Å². The van der Waals surface area contributed by atoms with E-state index in [-0.39, 0.29) is 5.56 Å². The summed E-state index contributed by atoms with van der Waals surface area (Å²) in [6.45, 7) is 2.40. The molecule has 112 valence electrons. The summed E-state index contributed by atoms with van der Waals surface area (Å²) in [6, 6.07) is 12.5. The molecule has 0 fully saturated rings. The summed E-state index contributed by atoms with van der Waals surface area (Å²) in [4.78, 5) is 12.9. The highest BCUT2D eigenvalue weighted by atomic mass is 19.1. The quantitative estimate of drug-likeness (QED) is 0.808. The molecule has 0 spiro atoms. The third-order valence-corrected chi connectivity index (χ3v) is 3.94. The first-order valence-electron chi connectivity index (χ1n) is 7.22. The maximum absolute atomic E-state index is 13.6. The van der Waals surface area contributed by atoms with Crippen molar-refractivity contribution in [2.45, 2.75) is 13.3 Å². The minimum atomic E-state index is -0.431. The van der Waals surface area contributed by atoms with Crippen LogP contribution in [-0.2, 0) is 6.42 Å². The minimum Gasteiger partial charge on any atom is -0.330 e. The second-order valence-corrected chi connectivity index (χ2v) is 5.29. The van der Waals surface area contributed by atoms with E-state index in [1.165, 1.54) is 16.7 Å². The van der Waals surface area contributed by atoms with Gasteiger partial charge in [0.15, 0.2) is 0 Å². The fraction of sp³-hybridized carbons (Fsp3) is 0.167. The zero-order valence-electron chi connectivity index (χ0n) is 12.3. The summed E-state index contributed by atoms with van der Waals surface area (Å²) in [5, 5.41) is 0. The van der Waals surface area contributed by atoms with Gasteiger partial charge in [-0.2, -0.15) is 0 Å². The van der Waals surface area contributed by atoms with Crippen molar-refractivity contribution < 1.29 is 4.39 Å². The van der Waals surface area contributed by atoms with Crippen molar-refractivity contribution in [3.63, 3.8) is 0 Å². The number of halogens is 1. The Labute approximate surface area is 127 Å². The molecular formula is C18H17FN2O. The van der Waals surface area contributed by atoms with Crippen LogP contribution >= 0.6 is 0 Å². The van der Waals surface area contributed by atoms with Crippen LogP contribution in [0.1, 0.15) is 11.1 Å². The SMILES string of the molecule is Cc1c(CCN)c(-c2ccccc2)c(=O)n2cc(F)ccc12. The Morgan fingerprint density at radius 1 is 1.14 bits per heavy atom. The Hall–Kier alpha value is -2.46. The van der Waals surface area contributed by atoms with Gasteiger partial charge in [0.25, 0.3) is 5.56 Å². The molecule has 0 atom stereocenters. The predicted octanol–water partition coefficient (Wildman–Crippen LogP) is 2.92. The predicted molar refractivity (Wildman–Crippen MR) is 86.6 cm³/mol. The van der Waals surface area contributed by atoms with Crippen molar-refractivity contribution in [3.8, 4) is 11.1 Å². The molecule has 3 nitrogen and oxygen atoms in total. The largest absolute Gasteiger partial charge is 0.330 e. The van der Waals surface area contributed by atoms with Crippen LogP contribution in [0.15, 0.2) is 53.5 Å². The van der Waals surface area contributed by atoms with Crippen LogP contribution in [0.4, 0.5) is 4.39 Å². The van der Waals surface area contributed by atoms with Gasteiger partial charge >= 0.3 is 0 Å². The Kier molecular flexibility index (Phi) is 3.77. The number of rotatable bonds is 3. The maximum atomic E-state index is 13.6. The monoisotopic (exact) mass is 296 g/mol. The van der Waals surface area contributed by atoms with E-state index in [9.17, 15) is 9.18 Å². The van der Waals surface area contributed by atoms with Gasteiger partial charge in [-0.05, 0) is 48.7 Å². The van der Waals surface area contributed by atoms with E-state index in [0.29, 0.717) is 18.5 Å².